The summed E-state index contributed by atoms with van der Waals surface area (Å²) in [6.45, 7) is 4.66. The third-order valence-electron chi connectivity index (χ3n) is 3.25. The summed E-state index contributed by atoms with van der Waals surface area (Å²) in [5.41, 5.74) is 5.01. The average molecular weight is 287 g/mol. The predicted molar refractivity (Wildman–Crippen MR) is 81.2 cm³/mol. The van der Waals surface area contributed by atoms with E-state index in [1.165, 1.54) is 0 Å². The largest absolute Gasteiger partial charge is 0.377 e. The summed E-state index contributed by atoms with van der Waals surface area (Å²) in [5, 5.41) is 3.82. The molecule has 0 spiro atoms. The van der Waals surface area contributed by atoms with Gasteiger partial charge in [-0.15, -0.1) is 0 Å². The van der Waals surface area contributed by atoms with Gasteiger partial charge in [0.25, 0.3) is 0 Å². The molecule has 3 aromatic heterocycles. The highest BCUT2D eigenvalue weighted by atomic mass is 35.5. The first-order chi connectivity index (χ1) is 9.65. The van der Waals surface area contributed by atoms with Gasteiger partial charge in [-0.3, -0.25) is 0 Å². The number of hydrogen-bond acceptors (Lipinski definition) is 3. The molecule has 0 amide bonds. The van der Waals surface area contributed by atoms with Crippen molar-refractivity contribution in [1.29, 1.82) is 0 Å². The maximum atomic E-state index is 6.10. The maximum absolute atomic E-state index is 6.10. The van der Waals surface area contributed by atoms with Gasteiger partial charge in [0, 0.05) is 12.4 Å². The summed E-state index contributed by atoms with van der Waals surface area (Å²) in [5.74, 6) is 0. The van der Waals surface area contributed by atoms with Crippen LogP contribution in [0.4, 0.5) is 5.69 Å². The van der Waals surface area contributed by atoms with Crippen LogP contribution in [0.15, 0.2) is 36.7 Å². The average Bonchev–Trinajstić information content (AvgIpc) is 2.75. The number of aromatic nitrogens is 3. The van der Waals surface area contributed by atoms with Gasteiger partial charge in [0.1, 0.15) is 5.65 Å². The Balaban J connectivity index is 1.90. The molecule has 0 saturated heterocycles. The van der Waals surface area contributed by atoms with E-state index in [1.54, 1.807) is 6.20 Å². The number of rotatable bonds is 3. The van der Waals surface area contributed by atoms with Gasteiger partial charge >= 0.3 is 0 Å². The molecule has 20 heavy (non-hydrogen) atoms. The summed E-state index contributed by atoms with van der Waals surface area (Å²) in [6.07, 6.45) is 3.77. The second-order valence-corrected chi connectivity index (χ2v) is 5.14. The van der Waals surface area contributed by atoms with Gasteiger partial charge in [-0.1, -0.05) is 17.7 Å². The number of hydrogen-bond donors (Lipinski definition) is 1. The lowest BCUT2D eigenvalue weighted by Gasteiger charge is -2.09. The zero-order valence-corrected chi connectivity index (χ0v) is 12.1. The molecule has 0 aliphatic carbocycles. The molecule has 3 heterocycles. The lowest BCUT2D eigenvalue weighted by atomic mass is 10.3. The number of nitrogens with zero attached hydrogens (tertiary/aromatic N) is 3. The molecule has 0 aliphatic rings. The Morgan fingerprint density at radius 3 is 3.00 bits per heavy atom. The molecular weight excluding hydrogens is 272 g/mol. The fourth-order valence-corrected chi connectivity index (χ4v) is 2.40. The molecule has 4 nitrogen and oxygen atoms in total. The lowest BCUT2D eigenvalue weighted by molar-refractivity contribution is 0.984. The Hall–Kier alpha value is -2.07. The van der Waals surface area contributed by atoms with Crippen molar-refractivity contribution < 1.29 is 0 Å². The van der Waals surface area contributed by atoms with Gasteiger partial charge in [0.15, 0.2) is 5.15 Å². The van der Waals surface area contributed by atoms with E-state index >= 15 is 0 Å². The van der Waals surface area contributed by atoms with Crippen molar-refractivity contribution in [2.24, 2.45) is 0 Å². The highest BCUT2D eigenvalue weighted by molar-refractivity contribution is 6.31. The molecule has 3 rings (SSSR count). The minimum Gasteiger partial charge on any atom is -0.377 e. The molecule has 0 atom stereocenters. The Morgan fingerprint density at radius 2 is 2.15 bits per heavy atom. The Bertz CT molecular complexity index is 764. The van der Waals surface area contributed by atoms with Crippen molar-refractivity contribution in [2.45, 2.75) is 20.4 Å². The molecule has 102 valence electrons. The van der Waals surface area contributed by atoms with Gasteiger partial charge in [0.2, 0.25) is 0 Å². The van der Waals surface area contributed by atoms with Gasteiger partial charge in [-0.2, -0.15) is 0 Å². The van der Waals surface area contributed by atoms with Gasteiger partial charge in [-0.25, -0.2) is 9.97 Å². The van der Waals surface area contributed by atoms with Crippen LogP contribution in [0.3, 0.4) is 0 Å². The van der Waals surface area contributed by atoms with Gasteiger partial charge < -0.3 is 9.72 Å². The van der Waals surface area contributed by atoms with E-state index in [9.17, 15) is 0 Å². The van der Waals surface area contributed by atoms with Crippen molar-refractivity contribution in [2.75, 3.05) is 5.32 Å². The second kappa shape index (κ2) is 5.13. The van der Waals surface area contributed by atoms with E-state index in [1.807, 2.05) is 44.3 Å². The SMILES string of the molecule is Cc1cnc(Cl)c(NCc2c(C)nc3ccccn23)c1. The van der Waals surface area contributed by atoms with Crippen molar-refractivity contribution in [3.05, 3.63) is 58.8 Å². The molecule has 0 saturated carbocycles. The van der Waals surface area contributed by atoms with Crippen LogP contribution in [0.25, 0.3) is 5.65 Å². The standard InChI is InChI=1S/C15H15ClN4/c1-10-7-12(15(16)18-8-10)17-9-13-11(2)19-14-5-3-4-6-20(13)14/h3-8,17H,9H2,1-2H3. The second-order valence-electron chi connectivity index (χ2n) is 4.78. The van der Waals surface area contributed by atoms with Crippen LogP contribution in [0.2, 0.25) is 5.15 Å². The summed E-state index contributed by atoms with van der Waals surface area (Å²) in [7, 11) is 0. The molecule has 0 fully saturated rings. The zero-order chi connectivity index (χ0) is 14.1. The van der Waals surface area contributed by atoms with E-state index in [0.29, 0.717) is 11.7 Å². The van der Waals surface area contributed by atoms with Crippen LogP contribution in [-0.2, 0) is 6.54 Å². The van der Waals surface area contributed by atoms with Crippen LogP contribution in [-0.4, -0.2) is 14.4 Å². The first-order valence-corrected chi connectivity index (χ1v) is 6.81. The predicted octanol–water partition coefficient (Wildman–Crippen LogP) is 3.61. The minimum absolute atomic E-state index is 0.488. The summed E-state index contributed by atoms with van der Waals surface area (Å²) < 4.78 is 2.08. The first-order valence-electron chi connectivity index (χ1n) is 6.44. The van der Waals surface area contributed by atoms with Crippen LogP contribution in [0, 0.1) is 13.8 Å². The number of pyridine rings is 2. The zero-order valence-electron chi connectivity index (χ0n) is 11.4. The van der Waals surface area contributed by atoms with E-state index in [2.05, 4.69) is 19.7 Å². The number of aryl methyl sites for hydroxylation is 2. The smallest absolute Gasteiger partial charge is 0.152 e. The fraction of sp³-hybridized carbons (Fsp3) is 0.200. The monoisotopic (exact) mass is 286 g/mol. The van der Waals surface area contributed by atoms with E-state index in [0.717, 1.165) is 28.3 Å². The molecule has 0 radical (unpaired) electrons. The highest BCUT2D eigenvalue weighted by Gasteiger charge is 2.09. The van der Waals surface area contributed by atoms with Crippen molar-refractivity contribution in [1.82, 2.24) is 14.4 Å². The quantitative estimate of drug-likeness (QED) is 0.748. The van der Waals surface area contributed by atoms with E-state index in [-0.39, 0.29) is 0 Å². The Kier molecular flexibility index (Phi) is 3.32. The third kappa shape index (κ3) is 2.34. The van der Waals surface area contributed by atoms with Crippen LogP contribution in [0.1, 0.15) is 17.0 Å². The summed E-state index contributed by atoms with van der Waals surface area (Å²) >= 11 is 6.10. The molecule has 0 aliphatic heterocycles. The van der Waals surface area contributed by atoms with Crippen molar-refractivity contribution in [3.63, 3.8) is 0 Å². The van der Waals surface area contributed by atoms with E-state index < -0.39 is 0 Å². The fourth-order valence-electron chi connectivity index (χ4n) is 2.23. The molecular formula is C15H15ClN4. The number of imidazole rings is 1. The molecule has 5 heteroatoms. The van der Waals surface area contributed by atoms with Crippen molar-refractivity contribution >= 4 is 22.9 Å². The normalized spacial score (nSPS) is 10.9. The number of anilines is 1. The molecule has 0 aromatic carbocycles. The third-order valence-corrected chi connectivity index (χ3v) is 3.55. The molecule has 0 bridgehead atoms. The van der Waals surface area contributed by atoms with Crippen LogP contribution < -0.4 is 5.32 Å². The summed E-state index contributed by atoms with van der Waals surface area (Å²) in [6, 6.07) is 7.98. The first kappa shape index (κ1) is 12.9. The maximum Gasteiger partial charge on any atom is 0.152 e. The molecule has 1 N–H and O–H groups in total. The van der Waals surface area contributed by atoms with Crippen LogP contribution in [0.5, 0.6) is 0 Å². The minimum atomic E-state index is 0.488. The Morgan fingerprint density at radius 1 is 1.30 bits per heavy atom. The summed E-state index contributed by atoms with van der Waals surface area (Å²) in [4.78, 5) is 8.68. The number of fused-ring (bicyclic) bond motifs is 1. The lowest BCUT2D eigenvalue weighted by Crippen LogP contribution is -2.05. The van der Waals surface area contributed by atoms with Crippen molar-refractivity contribution in [3.8, 4) is 0 Å². The van der Waals surface area contributed by atoms with E-state index in [4.69, 9.17) is 11.6 Å². The van der Waals surface area contributed by atoms with Gasteiger partial charge in [0.05, 0.1) is 23.6 Å². The molecule has 0 unspecified atom stereocenters. The molecule has 3 aromatic rings. The van der Waals surface area contributed by atoms with Crippen LogP contribution >= 0.6 is 11.6 Å². The Labute approximate surface area is 122 Å². The number of halogens is 1. The topological polar surface area (TPSA) is 42.2 Å². The van der Waals surface area contributed by atoms with Gasteiger partial charge in [-0.05, 0) is 37.6 Å². The number of nitrogens with one attached hydrogen (secondary N) is 1. The highest BCUT2D eigenvalue weighted by Crippen LogP contribution is 2.21.